The molecule has 0 saturated heterocycles. The van der Waals surface area contributed by atoms with Crippen LogP contribution in [-0.4, -0.2) is 11.7 Å². The summed E-state index contributed by atoms with van der Waals surface area (Å²) in [6, 6.07) is 0. The summed E-state index contributed by atoms with van der Waals surface area (Å²) in [4.78, 5) is 0. The van der Waals surface area contributed by atoms with E-state index in [2.05, 4.69) is 0 Å². The van der Waals surface area contributed by atoms with Crippen LogP contribution in [0.2, 0.25) is 0 Å². The van der Waals surface area contributed by atoms with Crippen molar-refractivity contribution in [2.75, 3.05) is 6.61 Å². The molecule has 1 heteroatoms. The average Bonchev–Trinajstić information content (AvgIpc) is 1.37. The van der Waals surface area contributed by atoms with Crippen LogP contribution in [0.25, 0.3) is 0 Å². The topological polar surface area (TPSA) is 20.2 Å². The van der Waals surface area contributed by atoms with E-state index in [-0.39, 0.29) is 0 Å². The third kappa shape index (κ3) is 1.96. The molecule has 0 radical (unpaired) electrons. The Morgan fingerprint density at radius 2 is 2.00 bits per heavy atom. The molecule has 0 bridgehead atoms. The maximum absolute atomic E-state index is 7.88. The van der Waals surface area contributed by atoms with Gasteiger partial charge in [-0.15, -0.1) is 0 Å². The first-order chi connectivity index (χ1) is 1.91. The van der Waals surface area contributed by atoms with E-state index in [0.29, 0.717) is 6.61 Å². The predicted octanol–water partition coefficient (Wildman–Crippen LogP) is 0.389. The fraction of sp³-hybridized carbons (Fsp3) is 1.00. The average molecular weight is 63.1 g/mol. The number of hydrogen-bond acceptors (Lipinski definition) is 1. The largest absolute Gasteiger partial charge is 0.396 e. The third-order valence-corrected chi connectivity index (χ3v) is 0.224. The van der Waals surface area contributed by atoms with E-state index in [9.17, 15) is 0 Å². The van der Waals surface area contributed by atoms with Gasteiger partial charge in [0.25, 0.3) is 0 Å². The molecule has 4 heavy (non-hydrogen) atoms. The number of hydrogen-bond donors (Lipinski definition) is 1. The van der Waals surface area contributed by atoms with Crippen LogP contribution in [0.4, 0.5) is 0 Å². The summed E-state index contributed by atoms with van der Waals surface area (Å²) in [5, 5.41) is 7.88. The number of aliphatic hydroxyl groups is 1. The standard InChI is InChI=1S/C3H8O/c1-2-3-4/h4H,2-3H2,1H3/i1+1,2+1,3+1. The first kappa shape index (κ1) is 3.96. The highest BCUT2D eigenvalue weighted by molar-refractivity contribution is 4.10. The van der Waals surface area contributed by atoms with Gasteiger partial charge in [0, 0.05) is 6.61 Å². The second-order valence-corrected chi connectivity index (χ2v) is 0.724. The highest BCUT2D eigenvalue weighted by atomic mass is 16.3. The molecule has 0 aliphatic rings. The van der Waals surface area contributed by atoms with Crippen molar-refractivity contribution in [2.45, 2.75) is 13.3 Å². The molecule has 0 atom stereocenters. The number of rotatable bonds is 1. The van der Waals surface area contributed by atoms with Crippen LogP contribution in [0, 0.1) is 0 Å². The number of aliphatic hydroxyl groups excluding tert-OH is 1. The van der Waals surface area contributed by atoms with Gasteiger partial charge in [-0.05, 0) is 6.42 Å². The van der Waals surface area contributed by atoms with E-state index in [1.165, 1.54) is 0 Å². The van der Waals surface area contributed by atoms with Gasteiger partial charge in [-0.25, -0.2) is 0 Å². The van der Waals surface area contributed by atoms with Gasteiger partial charge in [-0.3, -0.25) is 0 Å². The molecule has 0 aromatic rings. The maximum Gasteiger partial charge on any atom is 0.0428 e. The molecule has 0 spiro atoms. The molecule has 0 fully saturated rings. The van der Waals surface area contributed by atoms with E-state index in [4.69, 9.17) is 5.11 Å². The zero-order valence-electron chi connectivity index (χ0n) is 2.86. The summed E-state index contributed by atoms with van der Waals surface area (Å²) >= 11 is 0. The maximum atomic E-state index is 7.88. The molecule has 0 unspecified atom stereocenters. The first-order valence-corrected chi connectivity index (χ1v) is 1.52. The minimum Gasteiger partial charge on any atom is -0.396 e. The Bertz CT molecular complexity index is 5.25. The zero-order chi connectivity index (χ0) is 3.41. The van der Waals surface area contributed by atoms with Crippen LogP contribution in [0.1, 0.15) is 13.3 Å². The van der Waals surface area contributed by atoms with E-state index in [1.807, 2.05) is 6.92 Å². The molecule has 0 aliphatic carbocycles. The minimum atomic E-state index is 0.319. The van der Waals surface area contributed by atoms with Gasteiger partial charge in [0.15, 0.2) is 0 Å². The molecule has 0 aromatic heterocycles. The summed E-state index contributed by atoms with van der Waals surface area (Å²) < 4.78 is 0. The minimum absolute atomic E-state index is 0.319. The lowest BCUT2D eigenvalue weighted by Crippen LogP contribution is -1.69. The highest BCUT2D eigenvalue weighted by Gasteiger charge is 1.57. The van der Waals surface area contributed by atoms with Crippen LogP contribution in [0.3, 0.4) is 0 Å². The van der Waals surface area contributed by atoms with Gasteiger partial charge >= 0.3 is 0 Å². The van der Waals surface area contributed by atoms with Gasteiger partial charge in [-0.1, -0.05) is 6.92 Å². The fourth-order valence-electron chi connectivity index (χ4n) is 0. The molecule has 1 nitrogen and oxygen atoms in total. The molecule has 0 aromatic carbocycles. The van der Waals surface area contributed by atoms with Gasteiger partial charge in [0.2, 0.25) is 0 Å². The second-order valence-electron chi connectivity index (χ2n) is 0.724. The zero-order valence-corrected chi connectivity index (χ0v) is 2.86. The summed E-state index contributed by atoms with van der Waals surface area (Å²) in [5.41, 5.74) is 0. The Kier molecular flexibility index (Phi) is 2.93. The summed E-state index contributed by atoms with van der Waals surface area (Å²) in [5.74, 6) is 0. The molecule has 0 saturated carbocycles. The second kappa shape index (κ2) is 2.96. The monoisotopic (exact) mass is 63.1 g/mol. The van der Waals surface area contributed by atoms with Crippen molar-refractivity contribution < 1.29 is 5.11 Å². The summed E-state index contributed by atoms with van der Waals surface area (Å²) in [6.45, 7) is 2.25. The Morgan fingerprint density at radius 1 is 1.75 bits per heavy atom. The molecular weight excluding hydrogens is 55.0 g/mol. The normalized spacial score (nSPS) is 7.50. The van der Waals surface area contributed by atoms with E-state index < -0.39 is 0 Å². The van der Waals surface area contributed by atoms with E-state index in [0.717, 1.165) is 6.42 Å². The lowest BCUT2D eigenvalue weighted by molar-refractivity contribution is 0.295. The highest BCUT2D eigenvalue weighted by Crippen LogP contribution is 1.61. The molecule has 1 N–H and O–H groups in total. The summed E-state index contributed by atoms with van der Waals surface area (Å²) in [6.07, 6.45) is 0.875. The van der Waals surface area contributed by atoms with Gasteiger partial charge < -0.3 is 5.11 Å². The van der Waals surface area contributed by atoms with Crippen LogP contribution in [0.5, 0.6) is 0 Å². The molecule has 0 heterocycles. The first-order valence-electron chi connectivity index (χ1n) is 1.52. The molecule has 26 valence electrons. The van der Waals surface area contributed by atoms with Crippen molar-refractivity contribution in [1.82, 2.24) is 0 Å². The smallest absolute Gasteiger partial charge is 0.0428 e. The Balaban J connectivity index is 1.97. The molecular formula is C3H8O. The van der Waals surface area contributed by atoms with Crippen molar-refractivity contribution in [3.8, 4) is 0 Å². The molecule has 0 rings (SSSR count). The lowest BCUT2D eigenvalue weighted by atomic mass is 11.5. The Hall–Kier alpha value is -0.0400. The van der Waals surface area contributed by atoms with E-state index >= 15 is 0 Å². The molecule has 0 aliphatic heterocycles. The third-order valence-electron chi connectivity index (χ3n) is 0.224. The lowest BCUT2D eigenvalue weighted by Gasteiger charge is -1.69. The molecule has 0 amide bonds. The van der Waals surface area contributed by atoms with Crippen molar-refractivity contribution in [1.29, 1.82) is 0 Å². The van der Waals surface area contributed by atoms with E-state index in [1.54, 1.807) is 0 Å². The predicted molar refractivity (Wildman–Crippen MR) is 17.4 cm³/mol. The van der Waals surface area contributed by atoms with Crippen LogP contribution in [-0.2, 0) is 0 Å². The quantitative estimate of drug-likeness (QED) is 0.436. The van der Waals surface area contributed by atoms with Gasteiger partial charge in [0.05, 0.1) is 0 Å². The van der Waals surface area contributed by atoms with Crippen molar-refractivity contribution in [3.63, 3.8) is 0 Å². The van der Waals surface area contributed by atoms with Crippen LogP contribution >= 0.6 is 0 Å². The van der Waals surface area contributed by atoms with Crippen LogP contribution in [0.15, 0.2) is 0 Å². The van der Waals surface area contributed by atoms with Crippen molar-refractivity contribution in [3.05, 3.63) is 0 Å². The van der Waals surface area contributed by atoms with Gasteiger partial charge in [0.1, 0.15) is 0 Å². The fourth-order valence-corrected chi connectivity index (χ4v) is 0. The Labute approximate surface area is 26.3 Å². The Morgan fingerprint density at radius 3 is 2.00 bits per heavy atom. The SMILES string of the molecule is [13CH3][13CH2][13CH2]O. The van der Waals surface area contributed by atoms with Crippen molar-refractivity contribution >= 4 is 0 Å². The van der Waals surface area contributed by atoms with Gasteiger partial charge in [-0.2, -0.15) is 0 Å². The van der Waals surface area contributed by atoms with Crippen molar-refractivity contribution in [2.24, 2.45) is 0 Å². The van der Waals surface area contributed by atoms with Crippen LogP contribution < -0.4 is 0 Å². The summed E-state index contributed by atoms with van der Waals surface area (Å²) in [7, 11) is 0.